The molecular weight excluding hydrogens is 318 g/mol. The molecule has 0 bridgehead atoms. The van der Waals surface area contributed by atoms with Crippen LogP contribution in [0.2, 0.25) is 0 Å². The van der Waals surface area contributed by atoms with Crippen molar-refractivity contribution >= 4 is 17.6 Å². The van der Waals surface area contributed by atoms with Crippen molar-refractivity contribution in [3.63, 3.8) is 0 Å². The van der Waals surface area contributed by atoms with Crippen LogP contribution in [-0.2, 0) is 14.3 Å². The molecule has 0 unspecified atom stereocenters. The molecule has 0 aromatic heterocycles. The minimum absolute atomic E-state index is 0.310. The third-order valence-corrected chi connectivity index (χ3v) is 3.69. The predicted octanol–water partition coefficient (Wildman–Crippen LogP) is 3.76. The lowest BCUT2D eigenvalue weighted by molar-refractivity contribution is -0.149. The zero-order valence-corrected chi connectivity index (χ0v) is 14.5. The lowest BCUT2D eigenvalue weighted by atomic mass is 9.97. The molecule has 2 rings (SSSR count). The van der Waals surface area contributed by atoms with Crippen LogP contribution >= 0.6 is 0 Å². The smallest absolute Gasteiger partial charge is 0.313 e. The van der Waals surface area contributed by atoms with E-state index in [1.54, 1.807) is 24.3 Å². The van der Waals surface area contributed by atoms with Gasteiger partial charge in [-0.1, -0.05) is 37.3 Å². The maximum atomic E-state index is 12.2. The number of esters is 1. The van der Waals surface area contributed by atoms with Gasteiger partial charge in [0.1, 0.15) is 5.75 Å². The average molecular weight is 341 g/mol. The first-order chi connectivity index (χ1) is 12.1. The van der Waals surface area contributed by atoms with Crippen molar-refractivity contribution in [1.29, 1.82) is 0 Å². The molecule has 1 N–H and O–H groups in total. The van der Waals surface area contributed by atoms with Crippen LogP contribution in [0.25, 0.3) is 0 Å². The molecule has 0 aliphatic rings. The highest BCUT2D eigenvalue weighted by Gasteiger charge is 2.20. The van der Waals surface area contributed by atoms with Crippen LogP contribution < -0.4 is 10.1 Å². The number of benzene rings is 2. The fraction of sp³-hybridized carbons (Fsp3) is 0.300. The molecule has 0 aliphatic carbocycles. The molecule has 0 aliphatic heterocycles. The van der Waals surface area contributed by atoms with E-state index < -0.39 is 5.97 Å². The maximum absolute atomic E-state index is 12.2. The van der Waals surface area contributed by atoms with E-state index in [0.717, 1.165) is 11.3 Å². The first kappa shape index (κ1) is 18.5. The van der Waals surface area contributed by atoms with Crippen LogP contribution in [0.1, 0.15) is 31.7 Å². The van der Waals surface area contributed by atoms with Gasteiger partial charge in [0.15, 0.2) is 6.61 Å². The topological polar surface area (TPSA) is 64.6 Å². The Labute approximate surface area is 148 Å². The summed E-state index contributed by atoms with van der Waals surface area (Å²) in [6, 6.07) is 16.4. The molecule has 25 heavy (non-hydrogen) atoms. The predicted molar refractivity (Wildman–Crippen MR) is 96.7 cm³/mol. The summed E-state index contributed by atoms with van der Waals surface area (Å²) >= 11 is 0. The summed E-state index contributed by atoms with van der Waals surface area (Å²) in [5.74, 6) is -0.393. The summed E-state index contributed by atoms with van der Waals surface area (Å²) in [6.45, 7) is 4.10. The monoisotopic (exact) mass is 341 g/mol. The van der Waals surface area contributed by atoms with Crippen molar-refractivity contribution in [3.05, 3.63) is 60.2 Å². The second-order valence-electron chi connectivity index (χ2n) is 5.48. The molecule has 0 fully saturated rings. The fourth-order valence-corrected chi connectivity index (χ4v) is 2.46. The van der Waals surface area contributed by atoms with Gasteiger partial charge in [0.2, 0.25) is 0 Å². The normalized spacial score (nSPS) is 11.4. The molecule has 0 saturated heterocycles. The van der Waals surface area contributed by atoms with Crippen molar-refractivity contribution in [2.24, 2.45) is 0 Å². The molecule has 1 amide bonds. The Kier molecular flexibility index (Phi) is 7.01. The number of carbonyl (C=O) groups is 2. The number of nitrogens with one attached hydrogen (secondary N) is 1. The summed E-state index contributed by atoms with van der Waals surface area (Å²) in [4.78, 5) is 24.2. The number of ether oxygens (including phenoxy) is 2. The standard InChI is InChI=1S/C20H23NO4/c1-3-18(15-8-6-5-7-9-15)20(23)25-14-19(22)21-16-10-12-17(13-11-16)24-4-2/h5-13,18H,3-4,14H2,1-2H3,(H,21,22)/t18-/m1/s1. The van der Waals surface area contributed by atoms with Crippen LogP contribution in [0, 0.1) is 0 Å². The second-order valence-corrected chi connectivity index (χ2v) is 5.48. The van der Waals surface area contributed by atoms with Gasteiger partial charge in [-0.3, -0.25) is 9.59 Å². The van der Waals surface area contributed by atoms with Crippen molar-refractivity contribution in [2.45, 2.75) is 26.2 Å². The Morgan fingerprint density at radius 1 is 1.00 bits per heavy atom. The van der Waals surface area contributed by atoms with Crippen LogP contribution in [-0.4, -0.2) is 25.1 Å². The third-order valence-electron chi connectivity index (χ3n) is 3.69. The van der Waals surface area contributed by atoms with Gasteiger partial charge in [-0.2, -0.15) is 0 Å². The summed E-state index contributed by atoms with van der Waals surface area (Å²) < 4.78 is 10.5. The molecule has 5 heteroatoms. The second kappa shape index (κ2) is 9.47. The van der Waals surface area contributed by atoms with Gasteiger partial charge < -0.3 is 14.8 Å². The van der Waals surface area contributed by atoms with E-state index in [-0.39, 0.29) is 18.4 Å². The van der Waals surface area contributed by atoms with E-state index in [2.05, 4.69) is 5.32 Å². The Morgan fingerprint density at radius 2 is 1.68 bits per heavy atom. The highest BCUT2D eigenvalue weighted by molar-refractivity contribution is 5.93. The highest BCUT2D eigenvalue weighted by atomic mass is 16.5. The largest absolute Gasteiger partial charge is 0.494 e. The lowest BCUT2D eigenvalue weighted by Gasteiger charge is -2.14. The van der Waals surface area contributed by atoms with Gasteiger partial charge >= 0.3 is 5.97 Å². The maximum Gasteiger partial charge on any atom is 0.313 e. The number of carbonyl (C=O) groups excluding carboxylic acids is 2. The Balaban J connectivity index is 1.85. The van der Waals surface area contributed by atoms with Gasteiger partial charge in [0.05, 0.1) is 12.5 Å². The van der Waals surface area contributed by atoms with E-state index in [0.29, 0.717) is 18.7 Å². The van der Waals surface area contributed by atoms with E-state index in [1.807, 2.05) is 44.2 Å². The van der Waals surface area contributed by atoms with Crippen molar-refractivity contribution in [3.8, 4) is 5.75 Å². The molecular formula is C20H23NO4. The number of hydrogen-bond acceptors (Lipinski definition) is 4. The number of rotatable bonds is 8. The number of hydrogen-bond donors (Lipinski definition) is 1. The highest BCUT2D eigenvalue weighted by Crippen LogP contribution is 2.21. The minimum atomic E-state index is -0.393. The lowest BCUT2D eigenvalue weighted by Crippen LogP contribution is -2.23. The molecule has 0 heterocycles. The first-order valence-electron chi connectivity index (χ1n) is 8.38. The van der Waals surface area contributed by atoms with E-state index in [4.69, 9.17) is 9.47 Å². The van der Waals surface area contributed by atoms with Gasteiger partial charge in [0, 0.05) is 5.69 Å². The van der Waals surface area contributed by atoms with Gasteiger partial charge in [-0.15, -0.1) is 0 Å². The van der Waals surface area contributed by atoms with Crippen LogP contribution in [0.15, 0.2) is 54.6 Å². The average Bonchev–Trinajstić information content (AvgIpc) is 2.63. The molecule has 0 spiro atoms. The van der Waals surface area contributed by atoms with E-state index in [9.17, 15) is 9.59 Å². The molecule has 2 aromatic rings. The van der Waals surface area contributed by atoms with Crippen molar-refractivity contribution < 1.29 is 19.1 Å². The zero-order chi connectivity index (χ0) is 18.1. The molecule has 2 aromatic carbocycles. The van der Waals surface area contributed by atoms with Gasteiger partial charge in [0.25, 0.3) is 5.91 Å². The minimum Gasteiger partial charge on any atom is -0.494 e. The Bertz CT molecular complexity index is 683. The molecule has 1 atom stereocenters. The SMILES string of the molecule is CCOc1ccc(NC(=O)COC(=O)[C@H](CC)c2ccccc2)cc1. The van der Waals surface area contributed by atoms with Crippen LogP contribution in [0.3, 0.4) is 0 Å². The van der Waals surface area contributed by atoms with Gasteiger partial charge in [-0.25, -0.2) is 0 Å². The molecule has 0 saturated carbocycles. The number of anilines is 1. The Morgan fingerprint density at radius 3 is 2.28 bits per heavy atom. The van der Waals surface area contributed by atoms with Crippen molar-refractivity contribution in [2.75, 3.05) is 18.5 Å². The number of amides is 1. The quantitative estimate of drug-likeness (QED) is 0.743. The van der Waals surface area contributed by atoms with E-state index in [1.165, 1.54) is 0 Å². The van der Waals surface area contributed by atoms with Gasteiger partial charge in [-0.05, 0) is 43.2 Å². The summed E-state index contributed by atoms with van der Waals surface area (Å²) in [5, 5.41) is 2.69. The van der Waals surface area contributed by atoms with Crippen molar-refractivity contribution in [1.82, 2.24) is 0 Å². The fourth-order valence-electron chi connectivity index (χ4n) is 2.46. The summed E-state index contributed by atoms with van der Waals surface area (Å²) in [6.07, 6.45) is 0.614. The summed E-state index contributed by atoms with van der Waals surface area (Å²) in [5.41, 5.74) is 1.52. The summed E-state index contributed by atoms with van der Waals surface area (Å²) in [7, 11) is 0. The molecule has 132 valence electrons. The molecule has 5 nitrogen and oxygen atoms in total. The van der Waals surface area contributed by atoms with Crippen LogP contribution in [0.5, 0.6) is 5.75 Å². The van der Waals surface area contributed by atoms with E-state index >= 15 is 0 Å². The Hall–Kier alpha value is -2.82. The molecule has 0 radical (unpaired) electrons. The third kappa shape index (κ3) is 5.64. The zero-order valence-electron chi connectivity index (χ0n) is 14.5. The van der Waals surface area contributed by atoms with Crippen LogP contribution in [0.4, 0.5) is 5.69 Å². The first-order valence-corrected chi connectivity index (χ1v) is 8.38.